The van der Waals surface area contributed by atoms with Gasteiger partial charge in [0.15, 0.2) is 0 Å². The number of rotatable bonds is 2. The second-order valence-corrected chi connectivity index (χ2v) is 6.03. The van der Waals surface area contributed by atoms with Crippen molar-refractivity contribution in [2.24, 2.45) is 0 Å². The third-order valence-corrected chi connectivity index (χ3v) is 2.79. The molecule has 2 aromatic rings. The highest BCUT2D eigenvalue weighted by molar-refractivity contribution is 5.85. The predicted molar refractivity (Wildman–Crippen MR) is 82.3 cm³/mol. The van der Waals surface area contributed by atoms with Crippen LogP contribution in [0.3, 0.4) is 0 Å². The van der Waals surface area contributed by atoms with E-state index in [0.29, 0.717) is 0 Å². The third-order valence-electron chi connectivity index (χ3n) is 2.79. The number of carbonyl (C=O) groups excluding carboxylic acids is 1. The van der Waals surface area contributed by atoms with E-state index >= 15 is 0 Å². The molecule has 0 saturated carbocycles. The molecule has 2 rings (SSSR count). The van der Waals surface area contributed by atoms with E-state index in [1.54, 1.807) is 20.8 Å². The predicted octanol–water partition coefficient (Wildman–Crippen LogP) is 4.51. The van der Waals surface area contributed by atoms with Crippen molar-refractivity contribution in [3.8, 4) is 11.3 Å². The van der Waals surface area contributed by atoms with E-state index in [4.69, 9.17) is 4.74 Å². The Morgan fingerprint density at radius 1 is 1.17 bits per heavy atom. The van der Waals surface area contributed by atoms with Crippen LogP contribution in [0.4, 0.5) is 23.7 Å². The van der Waals surface area contributed by atoms with Gasteiger partial charge in [0.1, 0.15) is 5.60 Å². The molecule has 24 heavy (non-hydrogen) atoms. The first-order chi connectivity index (χ1) is 11.0. The first kappa shape index (κ1) is 17.7. The Hall–Kier alpha value is -2.64. The van der Waals surface area contributed by atoms with Gasteiger partial charge in [-0.25, -0.2) is 4.79 Å². The van der Waals surface area contributed by atoms with Crippen molar-refractivity contribution in [1.82, 2.24) is 10.2 Å². The lowest BCUT2D eigenvalue weighted by Gasteiger charge is -2.19. The van der Waals surface area contributed by atoms with E-state index in [0.717, 1.165) is 12.1 Å². The van der Waals surface area contributed by atoms with Crippen molar-refractivity contribution in [3.63, 3.8) is 0 Å². The van der Waals surface area contributed by atoms with Crippen molar-refractivity contribution in [1.29, 1.82) is 0 Å². The molecule has 0 aliphatic rings. The van der Waals surface area contributed by atoms with E-state index < -0.39 is 23.4 Å². The number of benzene rings is 1. The van der Waals surface area contributed by atoms with E-state index in [1.165, 1.54) is 24.4 Å². The summed E-state index contributed by atoms with van der Waals surface area (Å²) >= 11 is 0. The van der Waals surface area contributed by atoms with Gasteiger partial charge in [0.2, 0.25) is 0 Å². The van der Waals surface area contributed by atoms with Crippen LogP contribution in [0.2, 0.25) is 0 Å². The minimum Gasteiger partial charge on any atom is -0.444 e. The maximum absolute atomic E-state index is 12.8. The fourth-order valence-corrected chi connectivity index (χ4v) is 1.85. The van der Waals surface area contributed by atoms with Crippen LogP contribution in [0.5, 0.6) is 0 Å². The molecule has 0 fully saturated rings. The van der Waals surface area contributed by atoms with Crippen LogP contribution in [0.15, 0.2) is 36.5 Å². The maximum atomic E-state index is 12.8. The summed E-state index contributed by atoms with van der Waals surface area (Å²) in [6.07, 6.45) is -3.86. The molecule has 0 bridgehead atoms. The van der Waals surface area contributed by atoms with Gasteiger partial charge in [-0.3, -0.25) is 5.32 Å². The van der Waals surface area contributed by atoms with Gasteiger partial charge in [0.05, 0.1) is 23.1 Å². The van der Waals surface area contributed by atoms with Crippen molar-refractivity contribution >= 4 is 11.8 Å². The summed E-state index contributed by atoms with van der Waals surface area (Å²) in [6, 6.07) is 6.14. The number of alkyl halides is 3. The highest BCUT2D eigenvalue weighted by Gasteiger charge is 2.30. The van der Waals surface area contributed by atoms with Gasteiger partial charge in [-0.15, -0.1) is 0 Å². The summed E-state index contributed by atoms with van der Waals surface area (Å²) in [4.78, 5) is 11.7. The van der Waals surface area contributed by atoms with Crippen LogP contribution in [-0.4, -0.2) is 21.9 Å². The van der Waals surface area contributed by atoms with Crippen LogP contribution < -0.4 is 5.32 Å². The van der Waals surface area contributed by atoms with Crippen LogP contribution in [-0.2, 0) is 10.9 Å². The summed E-state index contributed by atoms with van der Waals surface area (Å²) in [6.45, 7) is 5.14. The number of anilines is 1. The Labute approximate surface area is 136 Å². The van der Waals surface area contributed by atoms with Gasteiger partial charge in [0.25, 0.3) is 0 Å². The molecular formula is C16H16F3N3O2. The minimum absolute atomic E-state index is 0.203. The molecule has 0 spiro atoms. The molecule has 8 heteroatoms. The monoisotopic (exact) mass is 339 g/mol. The van der Waals surface area contributed by atoms with Gasteiger partial charge in [-0.1, -0.05) is 12.1 Å². The van der Waals surface area contributed by atoms with Crippen molar-refractivity contribution < 1.29 is 22.7 Å². The summed E-state index contributed by atoms with van der Waals surface area (Å²) < 4.78 is 43.5. The molecule has 0 radical (unpaired) electrons. The number of halogens is 3. The van der Waals surface area contributed by atoms with Gasteiger partial charge < -0.3 is 4.74 Å². The number of ether oxygens (including phenoxy) is 1. The van der Waals surface area contributed by atoms with E-state index in [1.807, 2.05) is 0 Å². The summed E-state index contributed by atoms with van der Waals surface area (Å²) in [5, 5.41) is 9.97. The number of nitrogens with one attached hydrogen (secondary N) is 1. The number of aromatic nitrogens is 2. The normalized spacial score (nSPS) is 11.9. The molecule has 1 heterocycles. The quantitative estimate of drug-likeness (QED) is 0.874. The first-order valence-corrected chi connectivity index (χ1v) is 7.05. The number of nitrogens with zero attached hydrogens (tertiary/aromatic N) is 2. The van der Waals surface area contributed by atoms with Gasteiger partial charge >= 0.3 is 12.3 Å². The Kier molecular flexibility index (Phi) is 4.77. The molecule has 0 aliphatic heterocycles. The first-order valence-electron chi connectivity index (χ1n) is 7.05. The molecule has 1 N–H and O–H groups in total. The average molecular weight is 339 g/mol. The van der Waals surface area contributed by atoms with Crippen molar-refractivity contribution in [2.75, 3.05) is 5.32 Å². The topological polar surface area (TPSA) is 64.1 Å². The van der Waals surface area contributed by atoms with Gasteiger partial charge in [-0.05, 0) is 39.0 Å². The fraction of sp³-hybridized carbons (Fsp3) is 0.312. The minimum atomic E-state index is -4.45. The summed E-state index contributed by atoms with van der Waals surface area (Å²) in [7, 11) is 0. The molecule has 0 aliphatic carbocycles. The van der Waals surface area contributed by atoms with Crippen LogP contribution >= 0.6 is 0 Å². The molecule has 0 saturated heterocycles. The third kappa shape index (κ3) is 4.94. The van der Waals surface area contributed by atoms with Crippen molar-refractivity contribution in [3.05, 3.63) is 42.1 Å². The Balaban J connectivity index is 2.23. The SMILES string of the molecule is CC(C)(C)OC(=O)Nc1cnnc(-c2cccc(C(F)(F)F)c2)c1. The molecule has 0 atom stereocenters. The van der Waals surface area contributed by atoms with Crippen LogP contribution in [0, 0.1) is 0 Å². The lowest BCUT2D eigenvalue weighted by atomic mass is 10.1. The number of carbonyl (C=O) groups is 1. The molecule has 128 valence electrons. The van der Waals surface area contributed by atoms with Crippen molar-refractivity contribution in [2.45, 2.75) is 32.5 Å². The number of amides is 1. The molecule has 1 aromatic carbocycles. The van der Waals surface area contributed by atoms with Crippen LogP contribution in [0.25, 0.3) is 11.3 Å². The second kappa shape index (κ2) is 6.46. The molecule has 1 amide bonds. The molecule has 1 aromatic heterocycles. The Morgan fingerprint density at radius 3 is 2.50 bits per heavy atom. The smallest absolute Gasteiger partial charge is 0.416 e. The number of hydrogen-bond acceptors (Lipinski definition) is 4. The fourth-order valence-electron chi connectivity index (χ4n) is 1.85. The van der Waals surface area contributed by atoms with E-state index in [2.05, 4.69) is 15.5 Å². The van der Waals surface area contributed by atoms with Crippen LogP contribution in [0.1, 0.15) is 26.3 Å². The zero-order valence-electron chi connectivity index (χ0n) is 13.3. The number of hydrogen-bond donors (Lipinski definition) is 1. The Morgan fingerprint density at radius 2 is 1.88 bits per heavy atom. The molecule has 0 unspecified atom stereocenters. The summed E-state index contributed by atoms with van der Waals surface area (Å²) in [5.41, 5.74) is -0.743. The molecule has 5 nitrogen and oxygen atoms in total. The lowest BCUT2D eigenvalue weighted by molar-refractivity contribution is -0.137. The standard InChI is InChI=1S/C16H16F3N3O2/c1-15(2,3)24-14(23)21-12-8-13(22-20-9-12)10-5-4-6-11(7-10)16(17,18)19/h4-9H,1-3H3,(H,21,22,23). The molecular weight excluding hydrogens is 323 g/mol. The highest BCUT2D eigenvalue weighted by atomic mass is 19.4. The van der Waals surface area contributed by atoms with Gasteiger partial charge in [0, 0.05) is 5.56 Å². The highest BCUT2D eigenvalue weighted by Crippen LogP contribution is 2.31. The van der Waals surface area contributed by atoms with E-state index in [9.17, 15) is 18.0 Å². The summed E-state index contributed by atoms with van der Waals surface area (Å²) in [5.74, 6) is 0. The largest absolute Gasteiger partial charge is 0.444 e. The lowest BCUT2D eigenvalue weighted by Crippen LogP contribution is -2.27. The Bertz CT molecular complexity index is 740. The zero-order chi connectivity index (χ0) is 18.0. The zero-order valence-corrected chi connectivity index (χ0v) is 13.3. The second-order valence-electron chi connectivity index (χ2n) is 6.03. The van der Waals surface area contributed by atoms with Gasteiger partial charge in [-0.2, -0.15) is 23.4 Å². The average Bonchev–Trinajstić information content (AvgIpc) is 2.44. The van der Waals surface area contributed by atoms with E-state index in [-0.39, 0.29) is 16.9 Å². The maximum Gasteiger partial charge on any atom is 0.416 e.